The van der Waals surface area contributed by atoms with Crippen molar-refractivity contribution in [3.63, 3.8) is 0 Å². The Balaban J connectivity index is 2.61. The largest absolute Gasteiger partial charge is 0.232 e. The molecule has 0 spiro atoms. The van der Waals surface area contributed by atoms with Gasteiger partial charge in [-0.2, -0.15) is 0 Å². The second kappa shape index (κ2) is 2.34. The minimum absolute atomic E-state index is 0.826. The molecule has 11 heavy (non-hydrogen) atoms. The fourth-order valence-corrected chi connectivity index (χ4v) is 1.51. The van der Waals surface area contributed by atoms with Crippen LogP contribution in [0.5, 0.6) is 0 Å². The summed E-state index contributed by atoms with van der Waals surface area (Å²) in [6.07, 6.45) is 0. The number of rotatable bonds is 0. The van der Waals surface area contributed by atoms with Crippen LogP contribution in [0.4, 0.5) is 11.4 Å². The maximum atomic E-state index is 4.25. The van der Waals surface area contributed by atoms with E-state index in [4.69, 9.17) is 0 Å². The van der Waals surface area contributed by atoms with Gasteiger partial charge in [0.15, 0.2) is 0 Å². The van der Waals surface area contributed by atoms with Gasteiger partial charge in [0, 0.05) is 4.47 Å². The Morgan fingerprint density at radius 2 is 2.18 bits per heavy atom. The molecule has 0 atom stereocenters. The summed E-state index contributed by atoms with van der Waals surface area (Å²) < 4.78 is 1.01. The third-order valence-electron chi connectivity index (χ3n) is 1.52. The summed E-state index contributed by atoms with van der Waals surface area (Å²) in [6.45, 7) is 1.90. The number of fused-ring (bicyclic) bond motifs is 1. The molecule has 1 aromatic carbocycles. The number of hydrogen-bond acceptors (Lipinski definition) is 1. The van der Waals surface area contributed by atoms with Gasteiger partial charge in [0.25, 0.3) is 0 Å². The highest BCUT2D eigenvalue weighted by molar-refractivity contribution is 9.10. The van der Waals surface area contributed by atoms with E-state index in [1.807, 2.05) is 25.1 Å². The number of para-hydroxylation sites is 1. The van der Waals surface area contributed by atoms with Gasteiger partial charge in [0.2, 0.25) is 0 Å². The molecule has 1 aromatic rings. The zero-order valence-electron chi connectivity index (χ0n) is 6.00. The van der Waals surface area contributed by atoms with Crippen molar-refractivity contribution in [1.82, 2.24) is 5.32 Å². The van der Waals surface area contributed by atoms with Gasteiger partial charge >= 0.3 is 0 Å². The second-order valence-corrected chi connectivity index (χ2v) is 3.23. The lowest BCUT2D eigenvalue weighted by Crippen LogP contribution is -1.98. The van der Waals surface area contributed by atoms with Crippen LogP contribution >= 0.6 is 15.9 Å². The molecule has 2 rings (SSSR count). The van der Waals surface area contributed by atoms with E-state index in [-0.39, 0.29) is 0 Å². The highest BCUT2D eigenvalue weighted by Crippen LogP contribution is 2.36. The van der Waals surface area contributed by atoms with Gasteiger partial charge in [-0.1, -0.05) is 6.07 Å². The van der Waals surface area contributed by atoms with Crippen LogP contribution in [0.1, 0.15) is 6.92 Å². The van der Waals surface area contributed by atoms with E-state index in [1.54, 1.807) is 0 Å². The first-order valence-corrected chi connectivity index (χ1v) is 4.12. The molecule has 0 N–H and O–H groups in total. The summed E-state index contributed by atoms with van der Waals surface area (Å²) in [6, 6.07) is 5.89. The fourth-order valence-electron chi connectivity index (χ4n) is 1.07. The summed E-state index contributed by atoms with van der Waals surface area (Å²) in [4.78, 5) is 4.25. The van der Waals surface area contributed by atoms with Crippen LogP contribution in [0.2, 0.25) is 0 Å². The SMILES string of the molecule is CC1=Nc2c(Br)cccc2[N]1. The number of benzene rings is 1. The quantitative estimate of drug-likeness (QED) is 0.629. The van der Waals surface area contributed by atoms with Gasteiger partial charge in [-0.15, -0.1) is 0 Å². The average molecular weight is 210 g/mol. The van der Waals surface area contributed by atoms with E-state index in [1.165, 1.54) is 0 Å². The number of amidine groups is 1. The molecule has 3 heteroatoms. The van der Waals surface area contributed by atoms with E-state index in [0.29, 0.717) is 0 Å². The van der Waals surface area contributed by atoms with Crippen LogP contribution in [0, 0.1) is 0 Å². The first-order valence-electron chi connectivity index (χ1n) is 3.33. The van der Waals surface area contributed by atoms with E-state index < -0.39 is 0 Å². The molecule has 0 bridgehead atoms. The smallest absolute Gasteiger partial charge is 0.126 e. The van der Waals surface area contributed by atoms with Crippen LogP contribution in [0.25, 0.3) is 0 Å². The minimum atomic E-state index is 0.826. The average Bonchev–Trinajstić information content (AvgIpc) is 2.31. The number of hydrogen-bond donors (Lipinski definition) is 0. The first kappa shape index (κ1) is 6.85. The highest BCUT2D eigenvalue weighted by atomic mass is 79.9. The number of nitrogens with zero attached hydrogens (tertiary/aromatic N) is 2. The predicted molar refractivity (Wildman–Crippen MR) is 48.7 cm³/mol. The van der Waals surface area contributed by atoms with Crippen LogP contribution in [-0.4, -0.2) is 5.84 Å². The van der Waals surface area contributed by atoms with Gasteiger partial charge < -0.3 is 0 Å². The topological polar surface area (TPSA) is 26.5 Å². The van der Waals surface area contributed by atoms with Crippen molar-refractivity contribution < 1.29 is 0 Å². The van der Waals surface area contributed by atoms with Crippen LogP contribution in [0.15, 0.2) is 27.7 Å². The van der Waals surface area contributed by atoms with Crippen molar-refractivity contribution in [2.45, 2.75) is 6.92 Å². The third kappa shape index (κ3) is 1.05. The van der Waals surface area contributed by atoms with Crippen molar-refractivity contribution in [3.05, 3.63) is 22.7 Å². The van der Waals surface area contributed by atoms with Crippen LogP contribution < -0.4 is 5.32 Å². The molecule has 0 fully saturated rings. The lowest BCUT2D eigenvalue weighted by Gasteiger charge is -1.95. The van der Waals surface area contributed by atoms with Crippen molar-refractivity contribution >= 4 is 33.1 Å². The van der Waals surface area contributed by atoms with Gasteiger partial charge in [-0.05, 0) is 35.0 Å². The molecule has 55 valence electrons. The van der Waals surface area contributed by atoms with Crippen molar-refractivity contribution in [1.29, 1.82) is 0 Å². The molecule has 1 radical (unpaired) electrons. The minimum Gasteiger partial charge on any atom is -0.232 e. The van der Waals surface area contributed by atoms with Crippen molar-refractivity contribution in [2.24, 2.45) is 4.99 Å². The lowest BCUT2D eigenvalue weighted by molar-refractivity contribution is 1.29. The summed E-state index contributed by atoms with van der Waals surface area (Å²) in [5.74, 6) is 0.826. The molecule has 0 aromatic heterocycles. The van der Waals surface area contributed by atoms with E-state index in [2.05, 4.69) is 26.2 Å². The zero-order valence-corrected chi connectivity index (χ0v) is 7.59. The molecule has 2 nitrogen and oxygen atoms in total. The Morgan fingerprint density at radius 3 is 2.91 bits per heavy atom. The zero-order chi connectivity index (χ0) is 7.84. The van der Waals surface area contributed by atoms with E-state index in [0.717, 1.165) is 21.7 Å². The molecule has 1 aliphatic heterocycles. The molecule has 0 saturated carbocycles. The molecule has 0 unspecified atom stereocenters. The monoisotopic (exact) mass is 209 g/mol. The Hall–Kier alpha value is -0.830. The maximum absolute atomic E-state index is 4.25. The molecule has 1 heterocycles. The summed E-state index contributed by atoms with van der Waals surface area (Å²) in [5, 5.41) is 4.23. The summed E-state index contributed by atoms with van der Waals surface area (Å²) in [7, 11) is 0. The fraction of sp³-hybridized carbons (Fsp3) is 0.125. The van der Waals surface area contributed by atoms with Crippen molar-refractivity contribution in [2.75, 3.05) is 0 Å². The lowest BCUT2D eigenvalue weighted by atomic mass is 10.3. The van der Waals surface area contributed by atoms with Gasteiger partial charge in [0.05, 0.1) is 5.69 Å². The van der Waals surface area contributed by atoms with Crippen LogP contribution in [0.3, 0.4) is 0 Å². The van der Waals surface area contributed by atoms with E-state index >= 15 is 0 Å². The van der Waals surface area contributed by atoms with Crippen molar-refractivity contribution in [3.8, 4) is 0 Å². The number of halogens is 1. The van der Waals surface area contributed by atoms with E-state index in [9.17, 15) is 0 Å². The number of aliphatic imine (C=N–C) groups is 1. The summed E-state index contributed by atoms with van der Waals surface area (Å²) in [5.41, 5.74) is 1.90. The summed E-state index contributed by atoms with van der Waals surface area (Å²) >= 11 is 3.41. The Labute approximate surface area is 73.5 Å². The molecule has 0 aliphatic carbocycles. The Morgan fingerprint density at radius 1 is 1.36 bits per heavy atom. The van der Waals surface area contributed by atoms with Gasteiger partial charge in [-0.25, -0.2) is 10.3 Å². The molecule has 1 aliphatic rings. The Bertz CT molecular complexity index is 331. The first-order chi connectivity index (χ1) is 5.27. The molecule has 0 saturated heterocycles. The Kier molecular flexibility index (Phi) is 1.46. The predicted octanol–water partition coefficient (Wildman–Crippen LogP) is 2.75. The van der Waals surface area contributed by atoms with Gasteiger partial charge in [-0.3, -0.25) is 0 Å². The molecule has 0 amide bonds. The van der Waals surface area contributed by atoms with Crippen LogP contribution in [-0.2, 0) is 0 Å². The standard InChI is InChI=1S/C8H6BrN2/c1-5-10-7-4-2-3-6(9)8(7)11-5/h2-4H,1H3. The highest BCUT2D eigenvalue weighted by Gasteiger charge is 2.13. The normalized spacial score (nSPS) is 13.8. The van der Waals surface area contributed by atoms with Gasteiger partial charge in [0.1, 0.15) is 11.5 Å². The molecular weight excluding hydrogens is 204 g/mol. The maximum Gasteiger partial charge on any atom is 0.126 e. The second-order valence-electron chi connectivity index (χ2n) is 2.38. The third-order valence-corrected chi connectivity index (χ3v) is 2.16. The molecular formula is C8H6BrN2.